The van der Waals surface area contributed by atoms with Crippen LogP contribution in [-0.2, 0) is 11.2 Å². The van der Waals surface area contributed by atoms with Crippen LogP contribution in [-0.4, -0.2) is 12.5 Å². The molecule has 2 aromatic rings. The molecular formula is C16H15ClFNO2. The minimum absolute atomic E-state index is 0.123. The molecule has 0 saturated heterocycles. The van der Waals surface area contributed by atoms with E-state index in [1.807, 2.05) is 13.0 Å². The zero-order valence-corrected chi connectivity index (χ0v) is 12.3. The van der Waals surface area contributed by atoms with Crippen molar-refractivity contribution in [2.45, 2.75) is 13.3 Å². The number of ether oxygens (including phenoxy) is 1. The molecule has 3 nitrogen and oxygen atoms in total. The Balaban J connectivity index is 1.90. The lowest BCUT2D eigenvalue weighted by atomic mass is 10.1. The monoisotopic (exact) mass is 307 g/mol. The van der Waals surface area contributed by atoms with Gasteiger partial charge in [0.15, 0.2) is 6.61 Å². The van der Waals surface area contributed by atoms with Gasteiger partial charge in [-0.1, -0.05) is 18.5 Å². The number of rotatable bonds is 5. The van der Waals surface area contributed by atoms with Crippen LogP contribution in [0.4, 0.5) is 10.1 Å². The van der Waals surface area contributed by atoms with Gasteiger partial charge in [-0.3, -0.25) is 4.79 Å². The van der Waals surface area contributed by atoms with Gasteiger partial charge >= 0.3 is 0 Å². The van der Waals surface area contributed by atoms with Gasteiger partial charge in [0.05, 0.1) is 0 Å². The third-order valence-corrected chi connectivity index (χ3v) is 3.26. The maximum atomic E-state index is 12.7. The number of aryl methyl sites for hydroxylation is 1. The average Bonchev–Trinajstić information content (AvgIpc) is 2.49. The first-order valence-electron chi connectivity index (χ1n) is 6.55. The molecule has 0 unspecified atom stereocenters. The second-order valence-electron chi connectivity index (χ2n) is 4.45. The predicted molar refractivity (Wildman–Crippen MR) is 81.4 cm³/mol. The molecule has 21 heavy (non-hydrogen) atoms. The van der Waals surface area contributed by atoms with Gasteiger partial charge in [0, 0.05) is 10.7 Å². The van der Waals surface area contributed by atoms with E-state index in [-0.39, 0.29) is 18.3 Å². The molecule has 0 fully saturated rings. The van der Waals surface area contributed by atoms with Crippen LogP contribution in [0.3, 0.4) is 0 Å². The van der Waals surface area contributed by atoms with Crippen molar-refractivity contribution in [3.05, 3.63) is 58.9 Å². The minimum atomic E-state index is -0.350. The molecule has 5 heteroatoms. The molecule has 0 aromatic heterocycles. The molecule has 0 heterocycles. The number of amides is 1. The lowest BCUT2D eigenvalue weighted by molar-refractivity contribution is -0.118. The molecule has 110 valence electrons. The number of nitrogens with one attached hydrogen (secondary N) is 1. The summed E-state index contributed by atoms with van der Waals surface area (Å²) in [6.07, 6.45) is 0.789. The lowest BCUT2D eigenvalue weighted by Crippen LogP contribution is -2.20. The number of halogens is 2. The van der Waals surface area contributed by atoms with E-state index in [1.54, 1.807) is 12.1 Å². The average molecular weight is 308 g/mol. The normalized spacial score (nSPS) is 10.2. The Kier molecular flexibility index (Phi) is 5.17. The Morgan fingerprint density at radius 3 is 2.62 bits per heavy atom. The zero-order valence-electron chi connectivity index (χ0n) is 11.5. The highest BCUT2D eigenvalue weighted by Gasteiger charge is 2.06. The van der Waals surface area contributed by atoms with Crippen LogP contribution < -0.4 is 10.1 Å². The van der Waals surface area contributed by atoms with Crippen molar-refractivity contribution in [2.24, 2.45) is 0 Å². The number of hydrogen-bond donors (Lipinski definition) is 1. The maximum absolute atomic E-state index is 12.7. The maximum Gasteiger partial charge on any atom is 0.262 e. The SMILES string of the molecule is CCc1cc(OCC(=O)Nc2ccc(F)cc2)ccc1Cl. The van der Waals surface area contributed by atoms with Crippen molar-refractivity contribution in [3.8, 4) is 5.75 Å². The fraction of sp³-hybridized carbons (Fsp3) is 0.188. The molecule has 0 bridgehead atoms. The summed E-state index contributed by atoms with van der Waals surface area (Å²) in [7, 11) is 0. The zero-order chi connectivity index (χ0) is 15.2. The first-order chi connectivity index (χ1) is 10.1. The van der Waals surface area contributed by atoms with Crippen molar-refractivity contribution in [1.29, 1.82) is 0 Å². The van der Waals surface area contributed by atoms with Gasteiger partial charge in [0.2, 0.25) is 0 Å². The summed E-state index contributed by atoms with van der Waals surface area (Å²) in [5.41, 5.74) is 1.49. The highest BCUT2D eigenvalue weighted by atomic mass is 35.5. The molecule has 2 rings (SSSR count). The van der Waals surface area contributed by atoms with Crippen LogP contribution >= 0.6 is 11.6 Å². The summed E-state index contributed by atoms with van der Waals surface area (Å²) in [5.74, 6) is -0.0716. The summed E-state index contributed by atoms with van der Waals surface area (Å²) in [5, 5.41) is 3.30. The minimum Gasteiger partial charge on any atom is -0.484 e. The number of carbonyl (C=O) groups is 1. The van der Waals surface area contributed by atoms with E-state index in [2.05, 4.69) is 5.32 Å². The third-order valence-electron chi connectivity index (χ3n) is 2.90. The molecule has 0 aliphatic carbocycles. The van der Waals surface area contributed by atoms with E-state index < -0.39 is 0 Å². The van der Waals surface area contributed by atoms with Gasteiger partial charge in [0.1, 0.15) is 11.6 Å². The highest BCUT2D eigenvalue weighted by molar-refractivity contribution is 6.31. The van der Waals surface area contributed by atoms with Crippen LogP contribution in [0.2, 0.25) is 5.02 Å². The van der Waals surface area contributed by atoms with Crippen molar-refractivity contribution < 1.29 is 13.9 Å². The summed E-state index contributed by atoms with van der Waals surface area (Å²) in [4.78, 5) is 11.7. The molecule has 0 aliphatic rings. The van der Waals surface area contributed by atoms with Crippen LogP contribution in [0.25, 0.3) is 0 Å². The lowest BCUT2D eigenvalue weighted by Gasteiger charge is -2.09. The van der Waals surface area contributed by atoms with Gasteiger partial charge in [-0.2, -0.15) is 0 Å². The van der Waals surface area contributed by atoms with E-state index in [0.29, 0.717) is 16.5 Å². The second kappa shape index (κ2) is 7.09. The molecule has 0 spiro atoms. The van der Waals surface area contributed by atoms with E-state index in [0.717, 1.165) is 12.0 Å². The smallest absolute Gasteiger partial charge is 0.262 e. The van der Waals surface area contributed by atoms with E-state index >= 15 is 0 Å². The van der Waals surface area contributed by atoms with E-state index in [1.165, 1.54) is 24.3 Å². The third kappa shape index (κ3) is 4.46. The molecule has 0 atom stereocenters. The largest absolute Gasteiger partial charge is 0.484 e. The van der Waals surface area contributed by atoms with Crippen LogP contribution in [0, 0.1) is 5.82 Å². The summed E-state index contributed by atoms with van der Waals surface area (Å²) >= 11 is 6.01. The number of anilines is 1. The fourth-order valence-corrected chi connectivity index (χ4v) is 2.04. The standard InChI is InChI=1S/C16H15ClFNO2/c1-2-11-9-14(7-8-15(11)17)21-10-16(20)19-13-5-3-12(18)4-6-13/h3-9H,2,10H2,1H3,(H,19,20). The second-order valence-corrected chi connectivity index (χ2v) is 4.86. The molecule has 0 radical (unpaired) electrons. The van der Waals surface area contributed by atoms with Gasteiger partial charge in [0.25, 0.3) is 5.91 Å². The highest BCUT2D eigenvalue weighted by Crippen LogP contribution is 2.22. The Morgan fingerprint density at radius 1 is 1.24 bits per heavy atom. The Hall–Kier alpha value is -2.07. The van der Waals surface area contributed by atoms with Crippen molar-refractivity contribution in [3.63, 3.8) is 0 Å². The predicted octanol–water partition coefficient (Wildman–Crippen LogP) is 4.06. The van der Waals surface area contributed by atoms with Crippen LogP contribution in [0.1, 0.15) is 12.5 Å². The number of carbonyl (C=O) groups excluding carboxylic acids is 1. The molecule has 1 amide bonds. The van der Waals surface area contributed by atoms with Crippen LogP contribution in [0.5, 0.6) is 5.75 Å². The van der Waals surface area contributed by atoms with Crippen molar-refractivity contribution in [2.75, 3.05) is 11.9 Å². The van der Waals surface area contributed by atoms with Gasteiger partial charge in [-0.15, -0.1) is 0 Å². The van der Waals surface area contributed by atoms with Gasteiger partial charge in [-0.25, -0.2) is 4.39 Å². The molecule has 1 N–H and O–H groups in total. The first kappa shape index (κ1) is 15.3. The van der Waals surface area contributed by atoms with Gasteiger partial charge in [-0.05, 0) is 54.4 Å². The van der Waals surface area contributed by atoms with Gasteiger partial charge < -0.3 is 10.1 Å². The summed E-state index contributed by atoms with van der Waals surface area (Å²) in [6, 6.07) is 10.8. The van der Waals surface area contributed by atoms with Crippen molar-refractivity contribution in [1.82, 2.24) is 0 Å². The fourth-order valence-electron chi connectivity index (χ4n) is 1.79. The summed E-state index contributed by atoms with van der Waals surface area (Å²) in [6.45, 7) is 1.87. The molecule has 0 aliphatic heterocycles. The molecule has 2 aromatic carbocycles. The summed E-state index contributed by atoms with van der Waals surface area (Å²) < 4.78 is 18.2. The van der Waals surface area contributed by atoms with Crippen molar-refractivity contribution >= 4 is 23.2 Å². The molecular weight excluding hydrogens is 293 g/mol. The quantitative estimate of drug-likeness (QED) is 0.904. The topological polar surface area (TPSA) is 38.3 Å². The van der Waals surface area contributed by atoms with Crippen LogP contribution in [0.15, 0.2) is 42.5 Å². The van der Waals surface area contributed by atoms with E-state index in [9.17, 15) is 9.18 Å². The Labute approximate surface area is 127 Å². The Bertz CT molecular complexity index is 629. The van der Waals surface area contributed by atoms with E-state index in [4.69, 9.17) is 16.3 Å². The molecule has 0 saturated carbocycles. The Morgan fingerprint density at radius 2 is 1.95 bits per heavy atom. The first-order valence-corrected chi connectivity index (χ1v) is 6.93. The number of hydrogen-bond acceptors (Lipinski definition) is 2. The number of benzene rings is 2.